The van der Waals surface area contributed by atoms with Gasteiger partial charge >= 0.3 is 5.97 Å². The molecule has 0 aliphatic carbocycles. The number of carboxylic acids is 1. The van der Waals surface area contributed by atoms with E-state index in [4.69, 9.17) is 9.47 Å². The molecule has 0 amide bonds. The van der Waals surface area contributed by atoms with Crippen LogP contribution in [0, 0.1) is 6.92 Å². The van der Waals surface area contributed by atoms with Crippen molar-refractivity contribution in [3.8, 4) is 0 Å². The van der Waals surface area contributed by atoms with E-state index in [1.807, 2.05) is 26.8 Å². The number of piperazine rings is 1. The summed E-state index contributed by atoms with van der Waals surface area (Å²) >= 11 is 1.13. The third kappa shape index (κ3) is 6.33. The van der Waals surface area contributed by atoms with E-state index >= 15 is 0 Å². The van der Waals surface area contributed by atoms with Crippen LogP contribution in [0.15, 0.2) is 6.07 Å². The number of hydrogen-bond acceptors (Lipinski definition) is 10. The number of methoxy groups -OCH3 is 1. The molecule has 0 saturated carbocycles. The number of thiazole rings is 1. The molecule has 1 fully saturated rings. The van der Waals surface area contributed by atoms with Crippen molar-refractivity contribution in [2.75, 3.05) is 63.5 Å². The zero-order valence-electron chi connectivity index (χ0n) is 18.4. The number of anilines is 3. The summed E-state index contributed by atoms with van der Waals surface area (Å²) in [4.78, 5) is 29.9. The number of carboxylic acid groups (broad SMARTS) is 1. The number of ether oxygens (including phenoxy) is 2. The van der Waals surface area contributed by atoms with E-state index < -0.39 is 5.97 Å². The fraction of sp³-hybridized carbons (Fsp3) is 0.600. The van der Waals surface area contributed by atoms with Crippen molar-refractivity contribution in [2.45, 2.75) is 26.7 Å². The van der Waals surface area contributed by atoms with Crippen LogP contribution in [0.25, 0.3) is 0 Å². The minimum absolute atomic E-state index is 0.0248. The molecular formula is C20H30N6O4S. The van der Waals surface area contributed by atoms with Crippen molar-refractivity contribution in [3.63, 3.8) is 0 Å². The van der Waals surface area contributed by atoms with Crippen LogP contribution in [0.5, 0.6) is 0 Å². The number of carbonyl (C=O) groups is 1. The summed E-state index contributed by atoms with van der Waals surface area (Å²) in [6, 6.07) is 1.89. The van der Waals surface area contributed by atoms with Gasteiger partial charge in [-0.3, -0.25) is 4.90 Å². The Hall–Kier alpha value is -2.34. The maximum absolute atomic E-state index is 11.5. The molecule has 2 aromatic heterocycles. The van der Waals surface area contributed by atoms with Gasteiger partial charge in [0, 0.05) is 45.9 Å². The Balaban J connectivity index is 1.65. The second-order valence-corrected chi connectivity index (χ2v) is 8.62. The molecule has 0 aromatic carbocycles. The Morgan fingerprint density at radius 1 is 1.26 bits per heavy atom. The van der Waals surface area contributed by atoms with E-state index in [1.54, 1.807) is 7.11 Å². The molecule has 2 N–H and O–H groups in total. The first-order valence-electron chi connectivity index (χ1n) is 10.3. The van der Waals surface area contributed by atoms with Crippen LogP contribution in [-0.4, -0.2) is 84.2 Å². The Kier molecular flexibility index (Phi) is 8.13. The van der Waals surface area contributed by atoms with Crippen LogP contribution >= 0.6 is 11.3 Å². The minimum atomic E-state index is -0.959. The predicted molar refractivity (Wildman–Crippen MR) is 120 cm³/mol. The summed E-state index contributed by atoms with van der Waals surface area (Å²) in [6.45, 7) is 11.1. The first kappa shape index (κ1) is 23.3. The van der Waals surface area contributed by atoms with Crippen molar-refractivity contribution < 1.29 is 19.4 Å². The van der Waals surface area contributed by atoms with Crippen LogP contribution in [0.2, 0.25) is 0 Å². The SMILES string of the molecule is COCOCCN1CCN(c2cc(Nc3nc(C(C)C)c(C(=O)O)s3)nc(C)n2)CC1. The Labute approximate surface area is 186 Å². The maximum Gasteiger partial charge on any atom is 0.347 e. The third-order valence-corrected chi connectivity index (χ3v) is 5.88. The first-order chi connectivity index (χ1) is 14.9. The fourth-order valence-corrected chi connectivity index (χ4v) is 4.32. The highest BCUT2D eigenvalue weighted by Crippen LogP contribution is 2.30. The summed E-state index contributed by atoms with van der Waals surface area (Å²) in [6.07, 6.45) is 0. The lowest BCUT2D eigenvalue weighted by Crippen LogP contribution is -2.47. The van der Waals surface area contributed by atoms with Crippen molar-refractivity contribution in [3.05, 3.63) is 22.5 Å². The van der Waals surface area contributed by atoms with E-state index in [2.05, 4.69) is 30.1 Å². The van der Waals surface area contributed by atoms with Gasteiger partial charge in [-0.15, -0.1) is 0 Å². The largest absolute Gasteiger partial charge is 0.477 e. The second kappa shape index (κ2) is 10.8. The van der Waals surface area contributed by atoms with Gasteiger partial charge in [0.05, 0.1) is 12.3 Å². The number of nitrogens with one attached hydrogen (secondary N) is 1. The van der Waals surface area contributed by atoms with Crippen LogP contribution in [0.3, 0.4) is 0 Å². The highest BCUT2D eigenvalue weighted by atomic mass is 32.1. The lowest BCUT2D eigenvalue weighted by atomic mass is 10.1. The average molecular weight is 451 g/mol. The molecule has 1 aliphatic heterocycles. The van der Waals surface area contributed by atoms with Gasteiger partial charge in [0.2, 0.25) is 0 Å². The molecule has 0 spiro atoms. The smallest absolute Gasteiger partial charge is 0.347 e. The number of hydrogen-bond donors (Lipinski definition) is 2. The van der Waals surface area contributed by atoms with E-state index in [9.17, 15) is 9.90 Å². The number of aryl methyl sites for hydroxylation is 1. The predicted octanol–water partition coefficient (Wildman–Crippen LogP) is 2.55. The highest BCUT2D eigenvalue weighted by molar-refractivity contribution is 7.17. The zero-order valence-corrected chi connectivity index (χ0v) is 19.2. The van der Waals surface area contributed by atoms with Gasteiger partial charge in [0.1, 0.15) is 29.1 Å². The van der Waals surface area contributed by atoms with Crippen LogP contribution in [0.4, 0.5) is 16.8 Å². The molecule has 170 valence electrons. The quantitative estimate of drug-likeness (QED) is 0.413. The molecule has 10 nitrogen and oxygen atoms in total. The summed E-state index contributed by atoms with van der Waals surface area (Å²) in [7, 11) is 1.62. The van der Waals surface area contributed by atoms with Gasteiger partial charge in [-0.25, -0.2) is 19.7 Å². The summed E-state index contributed by atoms with van der Waals surface area (Å²) < 4.78 is 10.3. The molecule has 31 heavy (non-hydrogen) atoms. The molecule has 0 radical (unpaired) electrons. The summed E-state index contributed by atoms with van der Waals surface area (Å²) in [5.41, 5.74) is 0.580. The zero-order chi connectivity index (χ0) is 22.4. The normalized spacial score (nSPS) is 14.9. The summed E-state index contributed by atoms with van der Waals surface area (Å²) in [5.74, 6) is 1.17. The van der Waals surface area contributed by atoms with Crippen molar-refractivity contribution >= 4 is 34.1 Å². The third-order valence-electron chi connectivity index (χ3n) is 4.90. The lowest BCUT2D eigenvalue weighted by Gasteiger charge is -2.35. The lowest BCUT2D eigenvalue weighted by molar-refractivity contribution is -0.0367. The molecule has 0 bridgehead atoms. The van der Waals surface area contributed by atoms with Gasteiger partial charge in [-0.2, -0.15) is 0 Å². The van der Waals surface area contributed by atoms with Crippen LogP contribution in [0.1, 0.15) is 41.0 Å². The Morgan fingerprint density at radius 3 is 2.61 bits per heavy atom. The van der Waals surface area contributed by atoms with E-state index in [1.165, 1.54) is 0 Å². The van der Waals surface area contributed by atoms with E-state index in [0.717, 1.165) is 49.9 Å². The van der Waals surface area contributed by atoms with Crippen LogP contribution < -0.4 is 10.2 Å². The molecule has 3 heterocycles. The molecular weight excluding hydrogens is 420 g/mol. The maximum atomic E-state index is 11.5. The standard InChI is InChI=1S/C20H30N6O4S/c1-13(2)17-18(19(27)28)31-20(24-17)23-15-11-16(22-14(3)21-15)26-7-5-25(6-8-26)9-10-30-12-29-4/h11,13H,5-10,12H2,1-4H3,(H,27,28)(H,21,22,23,24). The number of aromatic carboxylic acids is 1. The Morgan fingerprint density at radius 2 is 2.00 bits per heavy atom. The molecule has 0 atom stereocenters. The number of nitrogens with zero attached hydrogens (tertiary/aromatic N) is 5. The van der Waals surface area contributed by atoms with Gasteiger partial charge < -0.3 is 24.8 Å². The van der Waals surface area contributed by atoms with Gasteiger partial charge in [0.15, 0.2) is 5.13 Å². The average Bonchev–Trinajstić information content (AvgIpc) is 3.16. The molecule has 0 unspecified atom stereocenters. The Bertz CT molecular complexity index is 883. The second-order valence-electron chi connectivity index (χ2n) is 7.62. The number of aromatic nitrogens is 3. The highest BCUT2D eigenvalue weighted by Gasteiger charge is 2.21. The molecule has 11 heteroatoms. The topological polar surface area (TPSA) is 113 Å². The van der Waals surface area contributed by atoms with Crippen molar-refractivity contribution in [1.29, 1.82) is 0 Å². The molecule has 3 rings (SSSR count). The minimum Gasteiger partial charge on any atom is -0.477 e. The number of rotatable bonds is 10. The van der Waals surface area contributed by atoms with E-state index in [0.29, 0.717) is 35.9 Å². The fourth-order valence-electron chi connectivity index (χ4n) is 3.35. The molecule has 2 aromatic rings. The molecule has 1 saturated heterocycles. The van der Waals surface area contributed by atoms with Crippen molar-refractivity contribution in [1.82, 2.24) is 19.9 Å². The van der Waals surface area contributed by atoms with Gasteiger partial charge in [0.25, 0.3) is 0 Å². The van der Waals surface area contributed by atoms with Gasteiger partial charge in [-0.1, -0.05) is 25.2 Å². The van der Waals surface area contributed by atoms with Crippen LogP contribution in [-0.2, 0) is 9.47 Å². The van der Waals surface area contributed by atoms with Gasteiger partial charge in [-0.05, 0) is 12.8 Å². The summed E-state index contributed by atoms with van der Waals surface area (Å²) in [5, 5.41) is 13.1. The van der Waals surface area contributed by atoms with E-state index in [-0.39, 0.29) is 10.8 Å². The monoisotopic (exact) mass is 450 g/mol. The van der Waals surface area contributed by atoms with Crippen molar-refractivity contribution in [2.24, 2.45) is 0 Å². The molecule has 1 aliphatic rings. The first-order valence-corrected chi connectivity index (χ1v) is 11.1.